The first-order chi connectivity index (χ1) is 15.5. The van der Waals surface area contributed by atoms with E-state index in [-0.39, 0.29) is 23.7 Å². The van der Waals surface area contributed by atoms with Crippen LogP contribution in [0.15, 0.2) is 42.2 Å². The molecule has 1 unspecified atom stereocenters. The maximum atomic E-state index is 13.7. The van der Waals surface area contributed by atoms with Gasteiger partial charge in [-0.05, 0) is 55.5 Å². The fourth-order valence-corrected chi connectivity index (χ4v) is 6.79. The fraction of sp³-hybridized carbons (Fsp3) is 0.667. The van der Waals surface area contributed by atoms with Crippen molar-refractivity contribution in [2.24, 2.45) is 11.8 Å². The first kappa shape index (κ1) is 24.5. The summed E-state index contributed by atoms with van der Waals surface area (Å²) in [4.78, 5) is 15.8. The average Bonchev–Trinajstić information content (AvgIpc) is 3.48. The highest BCUT2D eigenvalue weighted by atomic mass is 28.4. The maximum Gasteiger partial charge on any atom is 0.328 e. The van der Waals surface area contributed by atoms with Gasteiger partial charge in [-0.15, -0.1) is 0 Å². The molecule has 33 heavy (non-hydrogen) atoms. The number of methoxy groups -OCH3 is 1. The van der Waals surface area contributed by atoms with Crippen molar-refractivity contribution in [3.63, 3.8) is 0 Å². The number of hydrogen-bond donors (Lipinski definition) is 0. The number of carbonyl (C=O) groups is 1. The van der Waals surface area contributed by atoms with Crippen molar-refractivity contribution in [3.8, 4) is 0 Å². The maximum absolute atomic E-state index is 13.7. The number of rotatable bonds is 7. The highest BCUT2D eigenvalue weighted by Gasteiger charge is 2.65. The molecule has 2 fully saturated rings. The lowest BCUT2D eigenvalue weighted by atomic mass is 9.64. The molecule has 1 aromatic carbocycles. The summed E-state index contributed by atoms with van der Waals surface area (Å²) in [5.74, 6) is 1.62. The van der Waals surface area contributed by atoms with Crippen LogP contribution in [0.3, 0.4) is 0 Å². The summed E-state index contributed by atoms with van der Waals surface area (Å²) in [6.45, 7) is 14.0. The Morgan fingerprint density at radius 1 is 1.15 bits per heavy atom. The number of nitrogens with zero attached hydrogens (tertiary/aromatic N) is 1. The topological polar surface area (TPSA) is 47.8 Å². The minimum Gasteiger partial charge on any atom is -0.547 e. The van der Waals surface area contributed by atoms with E-state index in [0.717, 1.165) is 18.6 Å². The van der Waals surface area contributed by atoms with Crippen LogP contribution in [0.2, 0.25) is 19.6 Å². The van der Waals surface area contributed by atoms with E-state index in [9.17, 15) is 4.79 Å². The Bertz CT molecular complexity index is 893. The smallest absolute Gasteiger partial charge is 0.328 e. The number of carbonyl (C=O) groups excluding carboxylic acids is 1. The molecule has 0 spiro atoms. The van der Waals surface area contributed by atoms with E-state index in [4.69, 9.17) is 13.9 Å². The molecular formula is C27H41NO4Si. The van der Waals surface area contributed by atoms with Crippen molar-refractivity contribution in [3.05, 3.63) is 47.7 Å². The van der Waals surface area contributed by atoms with Crippen LogP contribution in [0, 0.1) is 11.8 Å². The van der Waals surface area contributed by atoms with Crippen molar-refractivity contribution < 1.29 is 18.7 Å². The SMILES string of the molecule is CO[C@H]1C=C(O[Si](C)(C)C)C[C@@]2(C(=O)O[C@@H]3C[C@H](C)CC[C@H]3C(C)(C)c3ccccc3)CN12. The molecule has 1 aliphatic carbocycles. The summed E-state index contributed by atoms with van der Waals surface area (Å²) in [5, 5.41) is 0. The molecular weight excluding hydrogens is 430 g/mol. The van der Waals surface area contributed by atoms with Gasteiger partial charge in [0.2, 0.25) is 8.32 Å². The number of benzene rings is 1. The Hall–Kier alpha value is -1.63. The standard InChI is InChI=1S/C27H41NO4Si/c1-19-13-14-22(26(2,3)20-11-9-8-10-12-20)23(15-19)31-25(29)27-17-21(32-33(5,6)7)16-24(30-4)28(27)18-27/h8-12,16,19,22-24H,13-15,17-18H2,1-7H3/t19-,22-,23-,24+,27+,28?/m1/s1. The number of hydrogen-bond acceptors (Lipinski definition) is 5. The highest BCUT2D eigenvalue weighted by molar-refractivity contribution is 6.70. The molecule has 4 rings (SSSR count). The Morgan fingerprint density at radius 3 is 2.48 bits per heavy atom. The number of esters is 1. The minimum atomic E-state index is -1.79. The Balaban J connectivity index is 1.54. The Labute approximate surface area is 200 Å². The van der Waals surface area contributed by atoms with Crippen LogP contribution < -0.4 is 0 Å². The van der Waals surface area contributed by atoms with Crippen LogP contribution in [0.25, 0.3) is 0 Å². The average molecular weight is 472 g/mol. The largest absolute Gasteiger partial charge is 0.547 e. The van der Waals surface area contributed by atoms with Gasteiger partial charge >= 0.3 is 5.97 Å². The van der Waals surface area contributed by atoms with Gasteiger partial charge in [0, 0.05) is 26.0 Å². The van der Waals surface area contributed by atoms with Crippen LogP contribution in [-0.4, -0.2) is 50.7 Å². The third-order valence-corrected chi connectivity index (χ3v) is 8.67. The van der Waals surface area contributed by atoms with E-state index in [1.807, 2.05) is 6.08 Å². The summed E-state index contributed by atoms with van der Waals surface area (Å²) < 4.78 is 18.4. The van der Waals surface area contributed by atoms with Gasteiger partial charge in [0.05, 0.1) is 5.76 Å². The lowest BCUT2D eigenvalue weighted by Crippen LogP contribution is -2.47. The molecule has 2 aliphatic heterocycles. The molecule has 1 saturated carbocycles. The minimum absolute atomic E-state index is 0.0686. The van der Waals surface area contributed by atoms with E-state index in [2.05, 4.69) is 75.6 Å². The summed E-state index contributed by atoms with van der Waals surface area (Å²) >= 11 is 0. The van der Waals surface area contributed by atoms with Crippen LogP contribution in [0.1, 0.15) is 52.0 Å². The van der Waals surface area contributed by atoms with Crippen LogP contribution in [-0.2, 0) is 24.1 Å². The van der Waals surface area contributed by atoms with E-state index < -0.39 is 13.9 Å². The molecule has 0 radical (unpaired) electrons. The van der Waals surface area contributed by atoms with Crippen LogP contribution in [0.4, 0.5) is 0 Å². The highest BCUT2D eigenvalue weighted by Crippen LogP contribution is 2.49. The quantitative estimate of drug-likeness (QED) is 0.299. The molecule has 0 bridgehead atoms. The second kappa shape index (κ2) is 8.86. The summed E-state index contributed by atoms with van der Waals surface area (Å²) in [7, 11) is -0.0964. The number of ether oxygens (including phenoxy) is 2. The third-order valence-electron chi connectivity index (χ3n) is 7.80. The van der Waals surface area contributed by atoms with Gasteiger partial charge in [0.1, 0.15) is 17.9 Å². The molecule has 6 atom stereocenters. The Morgan fingerprint density at radius 2 is 1.85 bits per heavy atom. The molecule has 2 heterocycles. The third kappa shape index (κ3) is 4.93. The van der Waals surface area contributed by atoms with Crippen molar-refractivity contribution in [2.75, 3.05) is 13.7 Å². The summed E-state index contributed by atoms with van der Waals surface area (Å²) in [5.41, 5.74) is 0.593. The molecule has 1 saturated heterocycles. The Kier molecular flexibility index (Phi) is 6.58. The first-order valence-electron chi connectivity index (χ1n) is 12.4. The predicted octanol–water partition coefficient (Wildman–Crippen LogP) is 5.48. The van der Waals surface area contributed by atoms with Gasteiger partial charge in [-0.25, -0.2) is 4.79 Å². The van der Waals surface area contributed by atoms with E-state index >= 15 is 0 Å². The van der Waals surface area contributed by atoms with Crippen LogP contribution in [0.5, 0.6) is 0 Å². The lowest BCUT2D eigenvalue weighted by Gasteiger charge is -2.44. The van der Waals surface area contributed by atoms with Gasteiger partial charge < -0.3 is 13.9 Å². The zero-order valence-corrected chi connectivity index (χ0v) is 22.4. The molecule has 6 heteroatoms. The van der Waals surface area contributed by atoms with Gasteiger partial charge in [-0.2, -0.15) is 0 Å². The normalized spacial score (nSPS) is 34.2. The number of fused-ring (bicyclic) bond motifs is 1. The second-order valence-electron chi connectivity index (χ2n) is 11.9. The van der Waals surface area contributed by atoms with Gasteiger partial charge in [0.25, 0.3) is 0 Å². The molecule has 0 N–H and O–H groups in total. The predicted molar refractivity (Wildman–Crippen MR) is 133 cm³/mol. The van der Waals surface area contributed by atoms with Crippen molar-refractivity contribution in [1.82, 2.24) is 4.90 Å². The zero-order chi connectivity index (χ0) is 24.0. The van der Waals surface area contributed by atoms with Gasteiger partial charge in [-0.3, -0.25) is 4.90 Å². The summed E-state index contributed by atoms with van der Waals surface area (Å²) in [6.07, 6.45) is 5.45. The van der Waals surface area contributed by atoms with Crippen LogP contribution >= 0.6 is 0 Å². The van der Waals surface area contributed by atoms with Crippen molar-refractivity contribution >= 4 is 14.3 Å². The molecule has 1 aromatic rings. The molecule has 182 valence electrons. The molecule has 3 aliphatic rings. The van der Waals surface area contributed by atoms with Crippen molar-refractivity contribution in [2.45, 2.75) is 89.4 Å². The van der Waals surface area contributed by atoms with E-state index in [0.29, 0.717) is 24.8 Å². The summed E-state index contributed by atoms with van der Waals surface area (Å²) in [6, 6.07) is 10.7. The zero-order valence-electron chi connectivity index (χ0n) is 21.4. The monoisotopic (exact) mass is 471 g/mol. The lowest BCUT2D eigenvalue weighted by molar-refractivity contribution is -0.163. The second-order valence-corrected chi connectivity index (χ2v) is 16.3. The van der Waals surface area contributed by atoms with E-state index in [1.54, 1.807) is 7.11 Å². The molecule has 5 nitrogen and oxygen atoms in total. The van der Waals surface area contributed by atoms with Crippen molar-refractivity contribution in [1.29, 1.82) is 0 Å². The fourth-order valence-electron chi connectivity index (χ4n) is 5.86. The van der Waals surface area contributed by atoms with E-state index in [1.165, 1.54) is 12.0 Å². The molecule has 0 amide bonds. The van der Waals surface area contributed by atoms with Gasteiger partial charge in [-0.1, -0.05) is 57.5 Å². The first-order valence-corrected chi connectivity index (χ1v) is 15.8. The molecule has 0 aromatic heterocycles. The van der Waals surface area contributed by atoms with Gasteiger partial charge in [0.15, 0.2) is 0 Å².